The van der Waals surface area contributed by atoms with E-state index in [9.17, 15) is 14.7 Å². The molecular formula is C10H13N5O5. The van der Waals surface area contributed by atoms with Gasteiger partial charge in [-0.3, -0.25) is 14.3 Å². The number of aliphatic hydroxyl groups excluding tert-OH is 2. The van der Waals surface area contributed by atoms with Crippen molar-refractivity contribution < 1.29 is 14.9 Å². The first-order valence-electron chi connectivity index (χ1n) is 5.76. The number of aliphatic hydroxyl groups is 2. The summed E-state index contributed by atoms with van der Waals surface area (Å²) >= 11 is 0. The van der Waals surface area contributed by atoms with Crippen molar-refractivity contribution in [3.63, 3.8) is 0 Å². The van der Waals surface area contributed by atoms with Gasteiger partial charge in [-0.05, 0) is 12.5 Å². The van der Waals surface area contributed by atoms with E-state index < -0.39 is 41.8 Å². The Bertz CT molecular complexity index is 662. The topological polar surface area (TPSA) is 153 Å². The summed E-state index contributed by atoms with van der Waals surface area (Å²) in [6.45, 7) is 0.890. The van der Waals surface area contributed by atoms with Crippen molar-refractivity contribution in [2.45, 2.75) is 30.9 Å². The molecular weight excluding hydrogens is 270 g/mol. The van der Waals surface area contributed by atoms with Crippen LogP contribution in [0.3, 0.4) is 0 Å². The third-order valence-electron chi connectivity index (χ3n) is 3.30. The Morgan fingerprint density at radius 2 is 2.35 bits per heavy atom. The van der Waals surface area contributed by atoms with Crippen LogP contribution in [-0.2, 0) is 4.74 Å². The minimum Gasteiger partial charge on any atom is -0.394 e. The summed E-state index contributed by atoms with van der Waals surface area (Å²) in [5, 5.41) is 22.7. The van der Waals surface area contributed by atoms with Gasteiger partial charge in [0.05, 0.1) is 12.7 Å². The van der Waals surface area contributed by atoms with Gasteiger partial charge in [-0.15, -0.1) is 0 Å². The van der Waals surface area contributed by atoms with Crippen molar-refractivity contribution in [2.24, 2.45) is 5.11 Å². The first kappa shape index (κ1) is 14.3. The Balaban J connectivity index is 2.56. The highest BCUT2D eigenvalue weighted by atomic mass is 16.5. The normalized spacial score (nSPS) is 32.9. The molecule has 0 bridgehead atoms. The summed E-state index contributed by atoms with van der Waals surface area (Å²) in [4.78, 5) is 27.5. The molecule has 0 aliphatic carbocycles. The second-order valence-electron chi connectivity index (χ2n) is 4.59. The number of nitrogens with one attached hydrogen (secondary N) is 1. The van der Waals surface area contributed by atoms with Crippen LogP contribution in [0.5, 0.6) is 0 Å². The standard InChI is InChI=1S/C10H13N5O5/c1-10(13-14-11)7(18)5(4-16)20-8(10)15-3-2-6(17)12-9(15)19/h2-3,5,7-8,16,18H,4H2,1H3,(H,12,17,19)/t5-,7-,8?,10-/m1/s1. The van der Waals surface area contributed by atoms with Crippen molar-refractivity contribution in [2.75, 3.05) is 6.61 Å². The molecule has 1 aliphatic heterocycles. The van der Waals surface area contributed by atoms with E-state index in [4.69, 9.17) is 15.4 Å². The molecule has 10 nitrogen and oxygen atoms in total. The maximum atomic E-state index is 11.8. The molecule has 10 heteroatoms. The zero-order valence-electron chi connectivity index (χ0n) is 10.5. The van der Waals surface area contributed by atoms with Gasteiger partial charge in [0, 0.05) is 17.2 Å². The predicted molar refractivity (Wildman–Crippen MR) is 65.9 cm³/mol. The molecule has 0 saturated carbocycles. The summed E-state index contributed by atoms with van der Waals surface area (Å²) in [6, 6.07) is 1.10. The Morgan fingerprint density at radius 3 is 2.90 bits per heavy atom. The van der Waals surface area contributed by atoms with Gasteiger partial charge in [0.25, 0.3) is 5.56 Å². The fourth-order valence-electron chi connectivity index (χ4n) is 2.21. The number of aromatic nitrogens is 2. The van der Waals surface area contributed by atoms with Crippen LogP contribution in [0, 0.1) is 0 Å². The average Bonchev–Trinajstić information content (AvgIpc) is 2.63. The summed E-state index contributed by atoms with van der Waals surface area (Å²) in [6.07, 6.45) is -2.28. The van der Waals surface area contributed by atoms with Crippen molar-refractivity contribution >= 4 is 0 Å². The molecule has 1 aromatic heterocycles. The number of hydrogen-bond donors (Lipinski definition) is 3. The predicted octanol–water partition coefficient (Wildman–Crippen LogP) is -1.14. The van der Waals surface area contributed by atoms with Gasteiger partial charge >= 0.3 is 5.69 Å². The van der Waals surface area contributed by atoms with Crippen LogP contribution in [0.25, 0.3) is 10.4 Å². The van der Waals surface area contributed by atoms with E-state index in [1.54, 1.807) is 0 Å². The Kier molecular flexibility index (Phi) is 3.64. The summed E-state index contributed by atoms with van der Waals surface area (Å²) in [5.74, 6) is 0. The Labute approximate surface area is 111 Å². The van der Waals surface area contributed by atoms with Crippen LogP contribution in [0.1, 0.15) is 13.2 Å². The number of nitrogens with zero attached hydrogens (tertiary/aromatic N) is 4. The lowest BCUT2D eigenvalue weighted by atomic mass is 9.93. The summed E-state index contributed by atoms with van der Waals surface area (Å²) in [5.41, 5.74) is 5.78. The van der Waals surface area contributed by atoms with Crippen LogP contribution in [0.15, 0.2) is 27.0 Å². The van der Waals surface area contributed by atoms with Gasteiger partial charge in [0.2, 0.25) is 0 Å². The molecule has 4 atom stereocenters. The number of ether oxygens (including phenoxy) is 1. The third-order valence-corrected chi connectivity index (χ3v) is 3.30. The van der Waals surface area contributed by atoms with Gasteiger partial charge in [0.15, 0.2) is 6.23 Å². The smallest absolute Gasteiger partial charge is 0.330 e. The number of azide groups is 1. The maximum Gasteiger partial charge on any atom is 0.330 e. The number of H-pyrrole nitrogens is 1. The molecule has 108 valence electrons. The van der Waals surface area contributed by atoms with Crippen molar-refractivity contribution in [3.8, 4) is 0 Å². The van der Waals surface area contributed by atoms with E-state index in [2.05, 4.69) is 10.0 Å². The molecule has 1 unspecified atom stereocenters. The van der Waals surface area contributed by atoms with Gasteiger partial charge in [-0.2, -0.15) is 0 Å². The highest BCUT2D eigenvalue weighted by Crippen LogP contribution is 2.40. The minimum atomic E-state index is -1.50. The van der Waals surface area contributed by atoms with E-state index in [-0.39, 0.29) is 0 Å². The van der Waals surface area contributed by atoms with Gasteiger partial charge in [0.1, 0.15) is 11.6 Å². The molecule has 20 heavy (non-hydrogen) atoms. The van der Waals surface area contributed by atoms with Crippen LogP contribution in [0.4, 0.5) is 0 Å². The fraction of sp³-hybridized carbons (Fsp3) is 0.600. The molecule has 1 aliphatic rings. The maximum absolute atomic E-state index is 11.8. The van der Waals surface area contributed by atoms with Crippen LogP contribution < -0.4 is 11.2 Å². The van der Waals surface area contributed by atoms with Crippen molar-refractivity contribution in [1.82, 2.24) is 9.55 Å². The second-order valence-corrected chi connectivity index (χ2v) is 4.59. The zero-order chi connectivity index (χ0) is 14.9. The number of rotatable bonds is 3. The average molecular weight is 283 g/mol. The molecule has 0 aromatic carbocycles. The van der Waals surface area contributed by atoms with E-state index in [0.29, 0.717) is 0 Å². The van der Waals surface area contributed by atoms with Gasteiger partial charge < -0.3 is 14.9 Å². The highest BCUT2D eigenvalue weighted by molar-refractivity contribution is 5.06. The first-order chi connectivity index (χ1) is 9.43. The molecule has 0 radical (unpaired) electrons. The van der Waals surface area contributed by atoms with Crippen LogP contribution in [-0.4, -0.2) is 44.1 Å². The lowest BCUT2D eigenvalue weighted by Gasteiger charge is -2.27. The van der Waals surface area contributed by atoms with Crippen molar-refractivity contribution in [3.05, 3.63) is 43.5 Å². The van der Waals surface area contributed by atoms with Crippen LogP contribution >= 0.6 is 0 Å². The van der Waals surface area contributed by atoms with E-state index in [1.807, 2.05) is 4.98 Å². The molecule has 2 rings (SSSR count). The van der Waals surface area contributed by atoms with E-state index in [1.165, 1.54) is 13.1 Å². The highest BCUT2D eigenvalue weighted by Gasteiger charge is 2.53. The molecule has 1 aromatic rings. The lowest BCUT2D eigenvalue weighted by Crippen LogP contribution is -2.45. The molecule has 1 saturated heterocycles. The Hall–Kier alpha value is -2.13. The number of hydrogen-bond acceptors (Lipinski definition) is 6. The van der Waals surface area contributed by atoms with Crippen molar-refractivity contribution in [1.29, 1.82) is 0 Å². The van der Waals surface area contributed by atoms with E-state index in [0.717, 1.165) is 10.6 Å². The quantitative estimate of drug-likeness (QED) is 0.363. The minimum absolute atomic E-state index is 0.508. The van der Waals surface area contributed by atoms with Gasteiger partial charge in [-0.1, -0.05) is 5.11 Å². The zero-order valence-corrected chi connectivity index (χ0v) is 10.5. The van der Waals surface area contributed by atoms with Gasteiger partial charge in [-0.25, -0.2) is 4.79 Å². The van der Waals surface area contributed by atoms with E-state index >= 15 is 0 Å². The lowest BCUT2D eigenvalue weighted by molar-refractivity contribution is -0.0487. The monoisotopic (exact) mass is 283 g/mol. The SMILES string of the molecule is C[C@]1(N=[N+]=[N-])C(n2ccc(=O)[nH]c2=O)O[C@H](CO)[C@H]1O. The molecule has 1 fully saturated rings. The molecule has 0 amide bonds. The fourth-order valence-corrected chi connectivity index (χ4v) is 2.21. The summed E-state index contributed by atoms with van der Waals surface area (Å²) in [7, 11) is 0. The first-order valence-corrected chi connectivity index (χ1v) is 5.76. The molecule has 2 heterocycles. The number of aromatic amines is 1. The van der Waals surface area contributed by atoms with Crippen LogP contribution in [0.2, 0.25) is 0 Å². The largest absolute Gasteiger partial charge is 0.394 e. The molecule has 0 spiro atoms. The molecule has 3 N–H and O–H groups in total. The second kappa shape index (κ2) is 5.10. The third kappa shape index (κ3) is 2.10. The summed E-state index contributed by atoms with van der Waals surface area (Å²) < 4.78 is 6.37. The Morgan fingerprint density at radius 1 is 1.65 bits per heavy atom.